The largest absolute Gasteiger partial charge is 0.508 e. The van der Waals surface area contributed by atoms with Gasteiger partial charge in [0.1, 0.15) is 29.0 Å². The molecular weight excluding hydrogens is 1250 g/mol. The number of amides is 3. The molecule has 0 bridgehead atoms. The Bertz CT molecular complexity index is 3810. The second-order valence-corrected chi connectivity index (χ2v) is 29.7. The van der Waals surface area contributed by atoms with Gasteiger partial charge in [0.15, 0.2) is 17.4 Å². The Balaban J connectivity index is 0.641. The van der Waals surface area contributed by atoms with Crippen molar-refractivity contribution in [3.8, 4) is 28.6 Å². The fourth-order valence-electron chi connectivity index (χ4n) is 14.8. The molecule has 3 amide bonds. The number of aromatic amines is 1. The normalized spacial score (nSPS) is 18.7. The molecule has 4 aromatic carbocycles. The maximum atomic E-state index is 14.6. The van der Waals surface area contributed by atoms with Crippen LogP contribution in [0.1, 0.15) is 161 Å². The number of ketones is 3. The van der Waals surface area contributed by atoms with Crippen LogP contribution in [0.3, 0.4) is 0 Å². The first-order chi connectivity index (χ1) is 47.5. The number of carbonyl (C=O) groups excluding carboxylic acids is 7. The molecule has 6 aromatic rings. The summed E-state index contributed by atoms with van der Waals surface area (Å²) in [7, 11) is 0. The van der Waals surface area contributed by atoms with E-state index >= 15 is 0 Å². The van der Waals surface area contributed by atoms with E-state index in [1.54, 1.807) is 13.0 Å². The van der Waals surface area contributed by atoms with Crippen molar-refractivity contribution in [1.29, 1.82) is 0 Å². The van der Waals surface area contributed by atoms with Crippen LogP contribution in [0.4, 0.5) is 0 Å². The first kappa shape index (κ1) is 73.4. The van der Waals surface area contributed by atoms with Crippen LogP contribution >= 0.6 is 0 Å². The van der Waals surface area contributed by atoms with E-state index in [1.807, 2.05) is 130 Å². The highest BCUT2D eigenvalue weighted by Gasteiger charge is 2.50. The number of fused-ring (bicyclic) bond motifs is 1. The molecule has 21 nitrogen and oxygen atoms in total. The Hall–Kier alpha value is -8.27. The molecule has 5 atom stereocenters. The first-order valence-electron chi connectivity index (χ1n) is 36.1. The van der Waals surface area contributed by atoms with Gasteiger partial charge in [-0.15, -0.1) is 0 Å². The van der Waals surface area contributed by atoms with Gasteiger partial charge < -0.3 is 44.7 Å². The number of phenols is 2. The average Bonchev–Trinajstić information content (AvgIpc) is 1.67. The van der Waals surface area contributed by atoms with E-state index in [0.717, 1.165) is 73.8 Å². The number of Topliss-reactive ketones (excluding diaryl/α,β-unsaturated/α-hetero) is 3. The number of phenolic OH excluding ortho intramolecular Hbond substituents is 2. The molecule has 5 N–H and O–H groups in total. The van der Waals surface area contributed by atoms with Gasteiger partial charge in [0, 0.05) is 93.0 Å². The molecule has 4 aliphatic heterocycles. The van der Waals surface area contributed by atoms with Gasteiger partial charge in [0.2, 0.25) is 17.7 Å². The molecule has 21 heteroatoms. The third kappa shape index (κ3) is 19.8. The minimum absolute atomic E-state index is 0.00223. The van der Waals surface area contributed by atoms with Crippen LogP contribution in [-0.4, -0.2) is 168 Å². The van der Waals surface area contributed by atoms with Gasteiger partial charge in [0.25, 0.3) is 0 Å². The molecule has 10 rings (SSSR count). The van der Waals surface area contributed by atoms with Gasteiger partial charge in [-0.3, -0.25) is 38.5 Å². The Labute approximate surface area is 581 Å². The topological polar surface area (TPSA) is 271 Å². The summed E-state index contributed by atoms with van der Waals surface area (Å²) < 4.78 is 15.1. The van der Waals surface area contributed by atoms with Gasteiger partial charge >= 0.3 is 11.7 Å². The Morgan fingerprint density at radius 2 is 1.36 bits per heavy atom. The van der Waals surface area contributed by atoms with Crippen molar-refractivity contribution in [2.24, 2.45) is 29.6 Å². The van der Waals surface area contributed by atoms with Crippen LogP contribution in [0.15, 0.2) is 108 Å². The predicted molar refractivity (Wildman–Crippen MR) is 379 cm³/mol. The SMILES string of the molecule is CC(C)C[C@H](NC(=O)[C@H](CCc1ccccc1)CC(=O)CN1CCC(OC(=O)CCC(=O)N2CCC(N3CCC(CCn4ccc5cc(-n6c(-c7cc(C(C)C)c(O)cc7O)n[nH]c6=O)ccc54)CC3)CC2)CC1)C(=O)C[C@@H](Cc1ccccc1)C(=O)N[C@@H](CC(C)C)C(=O)[C@@]1(C)CO1. The summed E-state index contributed by atoms with van der Waals surface area (Å²) in [5.74, 6) is -2.64. The van der Waals surface area contributed by atoms with Crippen molar-refractivity contribution in [2.75, 3.05) is 52.4 Å². The molecule has 99 heavy (non-hydrogen) atoms. The number of hydrogen-bond donors (Lipinski definition) is 5. The van der Waals surface area contributed by atoms with Crippen LogP contribution in [0.5, 0.6) is 11.5 Å². The molecule has 0 aliphatic carbocycles. The number of benzene rings is 4. The molecule has 4 saturated heterocycles. The minimum Gasteiger partial charge on any atom is -0.508 e. The molecule has 0 spiro atoms. The molecule has 0 radical (unpaired) electrons. The minimum atomic E-state index is -0.944. The highest BCUT2D eigenvalue weighted by Crippen LogP contribution is 2.38. The highest BCUT2D eigenvalue weighted by molar-refractivity contribution is 5.98. The van der Waals surface area contributed by atoms with Crippen molar-refractivity contribution in [3.63, 3.8) is 0 Å². The summed E-state index contributed by atoms with van der Waals surface area (Å²) in [6.07, 6.45) is 9.65. The van der Waals surface area contributed by atoms with E-state index in [0.29, 0.717) is 100 Å². The fraction of sp³-hybridized carbons (Fsp3) is 0.551. The maximum absolute atomic E-state index is 14.6. The number of H-pyrrole nitrogens is 1. The lowest BCUT2D eigenvalue weighted by molar-refractivity contribution is -0.153. The van der Waals surface area contributed by atoms with Crippen molar-refractivity contribution in [2.45, 2.75) is 193 Å². The number of aryl methyl sites for hydroxylation is 2. The maximum Gasteiger partial charge on any atom is 0.348 e. The quantitative estimate of drug-likeness (QED) is 0.0189. The monoisotopic (exact) mass is 1360 g/mol. The van der Waals surface area contributed by atoms with Crippen LogP contribution in [0.25, 0.3) is 28.0 Å². The molecule has 4 fully saturated rings. The summed E-state index contributed by atoms with van der Waals surface area (Å²) in [6, 6.07) is 28.8. The summed E-state index contributed by atoms with van der Waals surface area (Å²) >= 11 is 0. The third-order valence-electron chi connectivity index (χ3n) is 20.7. The molecular formula is C78H103N9O12. The standard InChI is InChI=1S/C78H103N9O12/c1-50(2)40-65(70(91)45-58(42-55-16-12-9-13-17-55)76(96)80-66(41-51(3)4)73(94)78(7)49-98-78)79-75(95)57(19-18-53-14-10-8-11-15-53)44-61(88)48-83-32-30-62(31-33-83)99-72(93)23-22-71(92)86-38-28-59(29-39-86)84-34-24-54(25-35-84)26-36-85-37-27-56-43-60(20-21-67(56)85)87-74(81-82-77(87)97)64-46-63(52(5)6)68(89)47-69(64)90/h8-17,20-21,27,37,43,46-47,50-52,54,57-59,62,65-66,89-90H,18-19,22-26,28-36,38-42,44-45,48-49H2,1-7H3,(H,79,95)(H,80,96)(H,82,97)/t57-,58-,65+,66+,78-/m1/s1. The molecule has 4 aliphatic rings. The van der Waals surface area contributed by atoms with Crippen molar-refractivity contribution in [3.05, 3.63) is 130 Å². The molecule has 0 unspecified atom stereocenters. The number of aromatic hydroxyl groups is 2. The van der Waals surface area contributed by atoms with E-state index in [-0.39, 0.29) is 109 Å². The zero-order valence-corrected chi connectivity index (χ0v) is 58.9. The Kier molecular flexibility index (Phi) is 25.0. The van der Waals surface area contributed by atoms with Crippen LogP contribution in [0.2, 0.25) is 0 Å². The van der Waals surface area contributed by atoms with Crippen LogP contribution < -0.4 is 16.3 Å². The number of ether oxygens (including phenoxy) is 2. The van der Waals surface area contributed by atoms with Gasteiger partial charge in [-0.25, -0.2) is 14.5 Å². The Morgan fingerprint density at radius 1 is 0.717 bits per heavy atom. The van der Waals surface area contributed by atoms with E-state index in [4.69, 9.17) is 9.47 Å². The summed E-state index contributed by atoms with van der Waals surface area (Å²) in [6.45, 7) is 19.2. The fourth-order valence-corrected chi connectivity index (χ4v) is 14.8. The number of hydrogen-bond acceptors (Lipinski definition) is 15. The van der Waals surface area contributed by atoms with Gasteiger partial charge in [-0.05, 0) is 168 Å². The zero-order valence-electron chi connectivity index (χ0n) is 58.9. The summed E-state index contributed by atoms with van der Waals surface area (Å²) in [4.78, 5) is 117. The van der Waals surface area contributed by atoms with E-state index < -0.39 is 47.1 Å². The van der Waals surface area contributed by atoms with Crippen LogP contribution in [0, 0.1) is 29.6 Å². The van der Waals surface area contributed by atoms with E-state index in [9.17, 15) is 48.6 Å². The lowest BCUT2D eigenvalue weighted by Gasteiger charge is -2.42. The number of rotatable bonds is 33. The number of nitrogens with zero attached hydrogens (tertiary/aromatic N) is 6. The molecule has 2 aromatic heterocycles. The molecule has 532 valence electrons. The van der Waals surface area contributed by atoms with Crippen LogP contribution in [-0.2, 0) is 62.4 Å². The smallest absolute Gasteiger partial charge is 0.348 e. The number of esters is 1. The molecule has 6 heterocycles. The lowest BCUT2D eigenvalue weighted by atomic mass is 9.87. The average molecular weight is 1360 g/mol. The van der Waals surface area contributed by atoms with E-state index in [2.05, 4.69) is 42.6 Å². The second kappa shape index (κ2) is 33.7. The molecule has 0 saturated carbocycles. The van der Waals surface area contributed by atoms with E-state index in [1.165, 1.54) is 10.6 Å². The number of carbonyl (C=O) groups is 7. The predicted octanol–water partition coefficient (Wildman–Crippen LogP) is 10.0. The van der Waals surface area contributed by atoms with Crippen molar-refractivity contribution >= 4 is 51.9 Å². The number of aromatic nitrogens is 4. The number of piperidine rings is 3. The van der Waals surface area contributed by atoms with Crippen molar-refractivity contribution < 1.29 is 53.2 Å². The number of epoxide rings is 1. The zero-order chi connectivity index (χ0) is 70.5. The van der Waals surface area contributed by atoms with Gasteiger partial charge in [0.05, 0.1) is 42.9 Å². The highest BCUT2D eigenvalue weighted by atomic mass is 16.6. The number of likely N-dealkylation sites (tertiary alicyclic amines) is 3. The second-order valence-electron chi connectivity index (χ2n) is 29.7. The summed E-state index contributed by atoms with van der Waals surface area (Å²) in [5, 5.41) is 35.1. The van der Waals surface area contributed by atoms with Gasteiger partial charge in [-0.2, -0.15) is 5.10 Å². The Morgan fingerprint density at radius 3 is 2.02 bits per heavy atom. The van der Waals surface area contributed by atoms with Crippen molar-refractivity contribution in [1.82, 2.24) is 44.7 Å². The lowest BCUT2D eigenvalue weighted by Crippen LogP contribution is -2.50. The first-order valence-corrected chi connectivity index (χ1v) is 36.1. The third-order valence-corrected chi connectivity index (χ3v) is 20.7. The van der Waals surface area contributed by atoms with Gasteiger partial charge in [-0.1, -0.05) is 102 Å². The summed E-state index contributed by atoms with van der Waals surface area (Å²) in [5.41, 5.74) is 3.15. The number of nitrogens with one attached hydrogen (secondary N) is 3.